The van der Waals surface area contributed by atoms with Gasteiger partial charge < -0.3 is 19.5 Å². The number of aryl methyl sites for hydroxylation is 1. The second kappa shape index (κ2) is 8.67. The highest BCUT2D eigenvalue weighted by Crippen LogP contribution is 2.33. The molecule has 3 amide bonds. The Balaban J connectivity index is 1.36. The number of benzene rings is 1. The Hall–Kier alpha value is -4.41. The molecular weight excluding hydrogens is 462 g/mol. The molecule has 5 rings (SSSR count). The minimum Gasteiger partial charge on any atom is -0.439 e. The van der Waals surface area contributed by atoms with Crippen molar-refractivity contribution in [1.82, 2.24) is 29.9 Å². The first kappa shape index (κ1) is 23.3. The maximum absolute atomic E-state index is 12.9. The standard InChI is InChI=1S/C25H27N7O4/c1-14-27-18-13-31(23(33)26-5)12-17(18)22(28-14)35-16-6-7-19-15(10-16)8-9-32(19)24(34)29-21-11-20(36-30-21)25(2,3)4/h6-11H,12-13H2,1-5H3,(H,26,33)(H,29,30,34). The summed E-state index contributed by atoms with van der Waals surface area (Å²) in [5, 5.41) is 10.2. The topological polar surface area (TPSA) is 127 Å². The fourth-order valence-corrected chi connectivity index (χ4v) is 4.06. The molecule has 1 aliphatic rings. The number of carbonyl (C=O) groups is 2. The number of nitrogens with zero attached hydrogens (tertiary/aromatic N) is 5. The van der Waals surface area contributed by atoms with Crippen LogP contribution in [0.3, 0.4) is 0 Å². The van der Waals surface area contributed by atoms with Gasteiger partial charge in [0, 0.05) is 30.1 Å². The number of fused-ring (bicyclic) bond motifs is 2. The number of hydrogen-bond donors (Lipinski definition) is 2. The maximum Gasteiger partial charge on any atom is 0.331 e. The molecule has 0 radical (unpaired) electrons. The van der Waals surface area contributed by atoms with Gasteiger partial charge in [0.2, 0.25) is 5.88 Å². The van der Waals surface area contributed by atoms with Gasteiger partial charge in [-0.25, -0.2) is 14.6 Å². The minimum absolute atomic E-state index is 0.183. The number of nitrogens with one attached hydrogen (secondary N) is 2. The molecule has 11 nitrogen and oxygen atoms in total. The van der Waals surface area contributed by atoms with E-state index in [0.29, 0.717) is 47.6 Å². The van der Waals surface area contributed by atoms with Gasteiger partial charge in [0.1, 0.15) is 17.3 Å². The van der Waals surface area contributed by atoms with Crippen LogP contribution in [0.4, 0.5) is 15.4 Å². The third kappa shape index (κ3) is 4.35. The maximum atomic E-state index is 12.9. The Labute approximate surface area is 207 Å². The zero-order valence-corrected chi connectivity index (χ0v) is 20.7. The van der Waals surface area contributed by atoms with Gasteiger partial charge in [-0.15, -0.1) is 0 Å². The van der Waals surface area contributed by atoms with Crippen LogP contribution in [0.25, 0.3) is 10.9 Å². The van der Waals surface area contributed by atoms with E-state index in [1.165, 1.54) is 4.57 Å². The van der Waals surface area contributed by atoms with Gasteiger partial charge in [-0.3, -0.25) is 9.88 Å². The van der Waals surface area contributed by atoms with Crippen molar-refractivity contribution in [2.24, 2.45) is 0 Å². The second-order valence-electron chi connectivity index (χ2n) is 9.68. The first-order chi connectivity index (χ1) is 17.1. The fourth-order valence-electron chi connectivity index (χ4n) is 4.06. The SMILES string of the molecule is CNC(=O)N1Cc2nc(C)nc(Oc3ccc4c(ccn4C(=O)Nc4cc(C(C)(C)C)on4)c3)c2C1. The predicted octanol–water partition coefficient (Wildman–Crippen LogP) is 4.55. The van der Waals surface area contributed by atoms with Crippen LogP contribution in [0, 0.1) is 6.92 Å². The number of anilines is 1. The third-order valence-electron chi connectivity index (χ3n) is 5.94. The molecule has 0 aliphatic carbocycles. The zero-order valence-electron chi connectivity index (χ0n) is 20.7. The molecule has 0 atom stereocenters. The molecule has 0 unspecified atom stereocenters. The van der Waals surface area contributed by atoms with E-state index in [1.807, 2.05) is 32.9 Å². The molecule has 36 heavy (non-hydrogen) atoms. The van der Waals surface area contributed by atoms with E-state index in [0.717, 1.165) is 16.6 Å². The summed E-state index contributed by atoms with van der Waals surface area (Å²) in [4.78, 5) is 35.5. The van der Waals surface area contributed by atoms with Crippen LogP contribution < -0.4 is 15.4 Å². The Kier molecular flexibility index (Phi) is 5.62. The van der Waals surface area contributed by atoms with E-state index in [1.54, 1.807) is 43.3 Å². The largest absolute Gasteiger partial charge is 0.439 e. The molecule has 0 fully saturated rings. The lowest BCUT2D eigenvalue weighted by Gasteiger charge is -2.13. The lowest BCUT2D eigenvalue weighted by Crippen LogP contribution is -2.33. The van der Waals surface area contributed by atoms with Crippen molar-refractivity contribution >= 4 is 28.8 Å². The summed E-state index contributed by atoms with van der Waals surface area (Å²) in [7, 11) is 1.59. The van der Waals surface area contributed by atoms with Gasteiger partial charge in [0.25, 0.3) is 0 Å². The third-order valence-corrected chi connectivity index (χ3v) is 5.94. The average Bonchev–Trinajstić information content (AvgIpc) is 3.55. The molecule has 1 aromatic carbocycles. The highest BCUT2D eigenvalue weighted by molar-refractivity contribution is 5.98. The second-order valence-corrected chi connectivity index (χ2v) is 9.68. The summed E-state index contributed by atoms with van der Waals surface area (Å²) in [6.45, 7) is 8.57. The zero-order chi connectivity index (χ0) is 25.6. The number of carbonyl (C=O) groups excluding carboxylic acids is 2. The van der Waals surface area contributed by atoms with Crippen molar-refractivity contribution in [3.8, 4) is 11.6 Å². The van der Waals surface area contributed by atoms with Crippen LogP contribution >= 0.6 is 0 Å². The van der Waals surface area contributed by atoms with Gasteiger partial charge in [-0.2, -0.15) is 4.98 Å². The van der Waals surface area contributed by atoms with E-state index < -0.39 is 0 Å². The predicted molar refractivity (Wildman–Crippen MR) is 132 cm³/mol. The van der Waals surface area contributed by atoms with E-state index in [4.69, 9.17) is 9.26 Å². The summed E-state index contributed by atoms with van der Waals surface area (Å²) >= 11 is 0. The van der Waals surface area contributed by atoms with Gasteiger partial charge in [0.15, 0.2) is 5.82 Å². The van der Waals surface area contributed by atoms with E-state index in [2.05, 4.69) is 25.8 Å². The van der Waals surface area contributed by atoms with Crippen LogP contribution in [-0.4, -0.2) is 43.7 Å². The van der Waals surface area contributed by atoms with E-state index in [-0.39, 0.29) is 17.5 Å². The summed E-state index contributed by atoms with van der Waals surface area (Å²) in [6, 6.07) is 8.43. The quantitative estimate of drug-likeness (QED) is 0.432. The van der Waals surface area contributed by atoms with Crippen molar-refractivity contribution in [2.75, 3.05) is 12.4 Å². The van der Waals surface area contributed by atoms with Gasteiger partial charge in [-0.1, -0.05) is 25.9 Å². The monoisotopic (exact) mass is 489 g/mol. The van der Waals surface area contributed by atoms with Gasteiger partial charge in [0.05, 0.1) is 29.9 Å². The summed E-state index contributed by atoms with van der Waals surface area (Å²) in [5.41, 5.74) is 2.04. The van der Waals surface area contributed by atoms with Crippen molar-refractivity contribution < 1.29 is 18.8 Å². The molecule has 11 heteroatoms. The Morgan fingerprint density at radius 1 is 1.08 bits per heavy atom. The lowest BCUT2D eigenvalue weighted by atomic mass is 9.93. The van der Waals surface area contributed by atoms with Crippen molar-refractivity contribution in [3.63, 3.8) is 0 Å². The molecule has 4 heterocycles. The average molecular weight is 490 g/mol. The smallest absolute Gasteiger partial charge is 0.331 e. The Bertz CT molecular complexity index is 1480. The number of hydrogen-bond acceptors (Lipinski definition) is 7. The van der Waals surface area contributed by atoms with Crippen LogP contribution in [0.1, 0.15) is 43.6 Å². The normalized spacial score (nSPS) is 13.1. The van der Waals surface area contributed by atoms with Gasteiger partial charge >= 0.3 is 12.1 Å². The number of amides is 3. The van der Waals surface area contributed by atoms with Crippen LogP contribution in [0.15, 0.2) is 41.1 Å². The molecule has 0 saturated carbocycles. The molecule has 0 bridgehead atoms. The molecule has 4 aromatic rings. The first-order valence-electron chi connectivity index (χ1n) is 11.5. The molecule has 1 aliphatic heterocycles. The number of urea groups is 1. The molecule has 3 aromatic heterocycles. The van der Waals surface area contributed by atoms with Crippen LogP contribution in [0.5, 0.6) is 11.6 Å². The summed E-state index contributed by atoms with van der Waals surface area (Å²) in [6.07, 6.45) is 1.68. The molecule has 186 valence electrons. The molecule has 0 saturated heterocycles. The molecule has 0 spiro atoms. The molecular formula is C25H27N7O4. The number of rotatable bonds is 3. The van der Waals surface area contributed by atoms with E-state index >= 15 is 0 Å². The van der Waals surface area contributed by atoms with Crippen LogP contribution in [-0.2, 0) is 18.5 Å². The summed E-state index contributed by atoms with van der Waals surface area (Å²) < 4.78 is 13.0. The minimum atomic E-state index is -0.356. The number of ether oxygens (including phenoxy) is 1. The lowest BCUT2D eigenvalue weighted by molar-refractivity contribution is 0.200. The highest BCUT2D eigenvalue weighted by atomic mass is 16.5. The van der Waals surface area contributed by atoms with Crippen molar-refractivity contribution in [1.29, 1.82) is 0 Å². The fraction of sp³-hybridized carbons (Fsp3) is 0.320. The first-order valence-corrected chi connectivity index (χ1v) is 11.5. The van der Waals surface area contributed by atoms with E-state index in [9.17, 15) is 9.59 Å². The highest BCUT2D eigenvalue weighted by Gasteiger charge is 2.29. The van der Waals surface area contributed by atoms with Crippen molar-refractivity contribution in [3.05, 3.63) is 59.4 Å². The van der Waals surface area contributed by atoms with Crippen molar-refractivity contribution in [2.45, 2.75) is 46.2 Å². The van der Waals surface area contributed by atoms with Crippen LogP contribution in [0.2, 0.25) is 0 Å². The molecule has 2 N–H and O–H groups in total. The Morgan fingerprint density at radius 2 is 1.89 bits per heavy atom. The van der Waals surface area contributed by atoms with Gasteiger partial charge in [-0.05, 0) is 31.2 Å². The number of aromatic nitrogens is 4. The summed E-state index contributed by atoms with van der Waals surface area (Å²) in [5.74, 6) is 2.58. The Morgan fingerprint density at radius 3 is 2.61 bits per heavy atom.